The lowest BCUT2D eigenvalue weighted by molar-refractivity contribution is 0.583. The van der Waals surface area contributed by atoms with Gasteiger partial charge in [-0.2, -0.15) is 11.8 Å². The number of hydrogen-bond donors (Lipinski definition) is 1. The van der Waals surface area contributed by atoms with Crippen LogP contribution in [0.5, 0.6) is 0 Å². The van der Waals surface area contributed by atoms with Crippen molar-refractivity contribution in [1.82, 2.24) is 9.97 Å². The van der Waals surface area contributed by atoms with Crippen molar-refractivity contribution in [3.05, 3.63) is 6.07 Å². The fourth-order valence-corrected chi connectivity index (χ4v) is 5.08. The number of rotatable bonds is 3. The first kappa shape index (κ1) is 14.7. The van der Waals surface area contributed by atoms with E-state index in [9.17, 15) is 8.42 Å². The van der Waals surface area contributed by atoms with Crippen LogP contribution in [0.2, 0.25) is 0 Å². The summed E-state index contributed by atoms with van der Waals surface area (Å²) < 4.78 is 23.7. The van der Waals surface area contributed by atoms with E-state index < -0.39 is 15.2 Å². The molecule has 1 aliphatic heterocycles. The minimum atomic E-state index is -3.16. The quantitative estimate of drug-likeness (QED) is 0.643. The number of hydrogen-bond acceptors (Lipinski definition) is 8. The summed E-state index contributed by atoms with van der Waals surface area (Å²) in [5.74, 6) is 2.38. The third-order valence-electron chi connectivity index (χ3n) is 2.77. The number of nitrogens with zero attached hydrogens (tertiary/aromatic N) is 3. The van der Waals surface area contributed by atoms with Crippen LogP contribution in [0, 0.1) is 0 Å². The molecule has 1 aromatic heterocycles. The van der Waals surface area contributed by atoms with Crippen LogP contribution in [0.4, 0.5) is 11.6 Å². The van der Waals surface area contributed by atoms with Crippen molar-refractivity contribution in [1.29, 1.82) is 0 Å². The largest absolute Gasteiger partial charge is 0.383 e. The Morgan fingerprint density at radius 2 is 2.26 bits per heavy atom. The van der Waals surface area contributed by atoms with E-state index in [2.05, 4.69) is 9.97 Å². The standard InChI is InChI=1S/C10H16N4O2S3/c1-17-10-12-7(11)5-8(13-10)14-3-4-18-6-9(14)19(2,15)16/h5,9H,3-4,6H2,1-2H3,(H2,11,12,13). The molecule has 0 amide bonds. The number of sulfone groups is 1. The zero-order valence-corrected chi connectivity index (χ0v) is 13.2. The van der Waals surface area contributed by atoms with Crippen molar-refractivity contribution in [2.75, 3.05) is 41.2 Å². The van der Waals surface area contributed by atoms with E-state index in [4.69, 9.17) is 5.73 Å². The third-order valence-corrected chi connectivity index (χ3v) is 5.96. The number of anilines is 2. The molecule has 0 radical (unpaired) electrons. The van der Waals surface area contributed by atoms with Gasteiger partial charge < -0.3 is 10.6 Å². The Morgan fingerprint density at radius 3 is 2.89 bits per heavy atom. The monoisotopic (exact) mass is 320 g/mol. The minimum Gasteiger partial charge on any atom is -0.383 e. The normalized spacial score (nSPS) is 20.5. The second-order valence-electron chi connectivity index (χ2n) is 4.19. The molecule has 1 unspecified atom stereocenters. The average Bonchev–Trinajstić information content (AvgIpc) is 2.37. The van der Waals surface area contributed by atoms with Gasteiger partial charge in [0.05, 0.1) is 0 Å². The minimum absolute atomic E-state index is 0.361. The molecule has 1 atom stereocenters. The molecule has 1 aliphatic rings. The van der Waals surface area contributed by atoms with Gasteiger partial charge in [-0.3, -0.25) is 0 Å². The van der Waals surface area contributed by atoms with Crippen LogP contribution in [0.3, 0.4) is 0 Å². The summed E-state index contributed by atoms with van der Waals surface area (Å²) in [6.45, 7) is 0.646. The van der Waals surface area contributed by atoms with Gasteiger partial charge in [-0.1, -0.05) is 11.8 Å². The molecular formula is C10H16N4O2S3. The van der Waals surface area contributed by atoms with E-state index in [0.717, 1.165) is 5.75 Å². The summed E-state index contributed by atoms with van der Waals surface area (Å²) in [5, 5.41) is 0.00994. The Hall–Kier alpha value is -0.670. The Balaban J connectivity index is 2.40. The topological polar surface area (TPSA) is 89.2 Å². The first-order chi connectivity index (χ1) is 8.91. The van der Waals surface area contributed by atoms with Crippen molar-refractivity contribution < 1.29 is 8.42 Å². The molecule has 2 heterocycles. The maximum absolute atomic E-state index is 11.9. The van der Waals surface area contributed by atoms with Crippen LogP contribution in [0.25, 0.3) is 0 Å². The van der Waals surface area contributed by atoms with Gasteiger partial charge in [0, 0.05) is 30.4 Å². The maximum Gasteiger partial charge on any atom is 0.191 e. The van der Waals surface area contributed by atoms with Crippen molar-refractivity contribution in [3.63, 3.8) is 0 Å². The van der Waals surface area contributed by atoms with Crippen molar-refractivity contribution in [3.8, 4) is 0 Å². The highest BCUT2D eigenvalue weighted by molar-refractivity contribution is 8.01. The second kappa shape index (κ2) is 5.76. The smallest absolute Gasteiger partial charge is 0.191 e. The lowest BCUT2D eigenvalue weighted by Gasteiger charge is -2.35. The zero-order valence-electron chi connectivity index (χ0n) is 10.7. The Kier molecular flexibility index (Phi) is 4.46. The van der Waals surface area contributed by atoms with Gasteiger partial charge in [-0.25, -0.2) is 18.4 Å². The third kappa shape index (κ3) is 3.46. The van der Waals surface area contributed by atoms with Gasteiger partial charge >= 0.3 is 0 Å². The lowest BCUT2D eigenvalue weighted by Crippen LogP contribution is -2.47. The van der Waals surface area contributed by atoms with Crippen LogP contribution in [-0.4, -0.2) is 54.3 Å². The molecule has 0 saturated carbocycles. The summed E-state index contributed by atoms with van der Waals surface area (Å²) in [6.07, 6.45) is 3.12. The highest BCUT2D eigenvalue weighted by Crippen LogP contribution is 2.27. The molecule has 106 valence electrons. The highest BCUT2D eigenvalue weighted by atomic mass is 32.2. The molecule has 0 aliphatic carbocycles. The second-order valence-corrected chi connectivity index (χ2v) is 8.32. The predicted molar refractivity (Wildman–Crippen MR) is 81.5 cm³/mol. The molecule has 1 fully saturated rings. The number of aromatic nitrogens is 2. The summed E-state index contributed by atoms with van der Waals surface area (Å²) in [4.78, 5) is 10.3. The summed E-state index contributed by atoms with van der Waals surface area (Å²) in [7, 11) is -3.16. The highest BCUT2D eigenvalue weighted by Gasteiger charge is 2.32. The summed E-state index contributed by atoms with van der Waals surface area (Å²) >= 11 is 3.03. The average molecular weight is 320 g/mol. The zero-order chi connectivity index (χ0) is 14.0. The number of thioether (sulfide) groups is 2. The van der Waals surface area contributed by atoms with E-state index in [0.29, 0.717) is 29.1 Å². The molecule has 0 bridgehead atoms. The Labute approximate surface area is 121 Å². The van der Waals surface area contributed by atoms with Crippen LogP contribution >= 0.6 is 23.5 Å². The van der Waals surface area contributed by atoms with Gasteiger partial charge in [-0.05, 0) is 6.26 Å². The number of nitrogens with two attached hydrogens (primary N) is 1. The molecule has 0 spiro atoms. The SMILES string of the molecule is CSc1nc(N)cc(N2CCSCC2S(C)(=O)=O)n1. The molecule has 9 heteroatoms. The number of nitrogen functional groups attached to an aromatic ring is 1. The first-order valence-corrected chi connectivity index (χ1v) is 9.97. The van der Waals surface area contributed by atoms with Gasteiger partial charge in [0.15, 0.2) is 15.0 Å². The Morgan fingerprint density at radius 1 is 1.53 bits per heavy atom. The molecule has 2 N–H and O–H groups in total. The van der Waals surface area contributed by atoms with E-state index in [1.165, 1.54) is 18.0 Å². The molecule has 2 rings (SSSR count). The lowest BCUT2D eigenvalue weighted by atomic mass is 10.4. The summed E-state index contributed by atoms with van der Waals surface area (Å²) in [6, 6.07) is 1.63. The van der Waals surface area contributed by atoms with Gasteiger partial charge in [-0.15, -0.1) is 0 Å². The van der Waals surface area contributed by atoms with E-state index in [1.54, 1.807) is 17.8 Å². The molecule has 6 nitrogen and oxygen atoms in total. The maximum atomic E-state index is 11.9. The first-order valence-electron chi connectivity index (χ1n) is 5.63. The molecule has 1 saturated heterocycles. The van der Waals surface area contributed by atoms with E-state index >= 15 is 0 Å². The Bertz CT molecular complexity index is 564. The molecule has 19 heavy (non-hydrogen) atoms. The van der Waals surface area contributed by atoms with Crippen LogP contribution < -0.4 is 10.6 Å². The molecular weight excluding hydrogens is 304 g/mol. The van der Waals surface area contributed by atoms with Crippen LogP contribution in [0.1, 0.15) is 0 Å². The molecule has 1 aromatic rings. The van der Waals surface area contributed by atoms with Crippen LogP contribution in [0.15, 0.2) is 11.2 Å². The van der Waals surface area contributed by atoms with Gasteiger partial charge in [0.25, 0.3) is 0 Å². The summed E-state index contributed by atoms with van der Waals surface area (Å²) in [5.41, 5.74) is 5.75. The van der Waals surface area contributed by atoms with Gasteiger partial charge in [0.1, 0.15) is 17.0 Å². The molecule has 0 aromatic carbocycles. The fourth-order valence-electron chi connectivity index (χ4n) is 1.87. The van der Waals surface area contributed by atoms with Crippen molar-refractivity contribution in [2.45, 2.75) is 10.5 Å². The van der Waals surface area contributed by atoms with Crippen LogP contribution in [-0.2, 0) is 9.84 Å². The van der Waals surface area contributed by atoms with Gasteiger partial charge in [0.2, 0.25) is 0 Å². The van der Waals surface area contributed by atoms with E-state index in [-0.39, 0.29) is 0 Å². The van der Waals surface area contributed by atoms with Crippen molar-refractivity contribution >= 4 is 45.0 Å². The predicted octanol–water partition coefficient (Wildman–Crippen LogP) is 0.705. The fraction of sp³-hybridized carbons (Fsp3) is 0.600. The van der Waals surface area contributed by atoms with Crippen molar-refractivity contribution in [2.24, 2.45) is 0 Å². The van der Waals surface area contributed by atoms with E-state index in [1.807, 2.05) is 11.2 Å².